The first-order chi connectivity index (χ1) is 14.1. The van der Waals surface area contributed by atoms with Gasteiger partial charge in [0.1, 0.15) is 5.76 Å². The zero-order valence-corrected chi connectivity index (χ0v) is 18.1. The molecule has 1 aromatic heterocycles. The number of para-hydroxylation sites is 1. The number of likely N-dealkylation sites (tertiary alicyclic amines) is 1. The zero-order valence-electron chi connectivity index (χ0n) is 17.3. The third-order valence-corrected chi connectivity index (χ3v) is 5.81. The monoisotopic (exact) mass is 426 g/mol. The fraction of sp³-hybridized carbons (Fsp3) is 0.333. The van der Waals surface area contributed by atoms with Crippen LogP contribution in [-0.2, 0) is 0 Å². The first-order valence-corrected chi connectivity index (χ1v) is 10.2. The number of fused-ring (bicyclic) bond motifs is 1. The van der Waals surface area contributed by atoms with E-state index in [9.17, 15) is 9.59 Å². The van der Waals surface area contributed by atoms with Crippen molar-refractivity contribution in [1.82, 2.24) is 10.2 Å². The Hall–Kier alpha value is -2.63. The van der Waals surface area contributed by atoms with E-state index >= 15 is 0 Å². The van der Waals surface area contributed by atoms with Crippen LogP contribution in [0.1, 0.15) is 28.8 Å². The molecule has 1 N–H and O–H groups in total. The van der Waals surface area contributed by atoms with Crippen molar-refractivity contribution in [3.05, 3.63) is 69.9 Å². The second-order valence-corrected chi connectivity index (χ2v) is 7.73. The van der Waals surface area contributed by atoms with Crippen molar-refractivity contribution in [3.8, 4) is 11.3 Å². The molecule has 2 heterocycles. The highest BCUT2D eigenvalue weighted by Crippen LogP contribution is 2.28. The van der Waals surface area contributed by atoms with Gasteiger partial charge in [0.2, 0.25) is 0 Å². The summed E-state index contributed by atoms with van der Waals surface area (Å²) in [5, 5.41) is 3.67. The summed E-state index contributed by atoms with van der Waals surface area (Å²) < 4.78 is 6.20. The highest BCUT2D eigenvalue weighted by Gasteiger charge is 2.26. The van der Waals surface area contributed by atoms with E-state index in [2.05, 4.69) is 5.32 Å². The van der Waals surface area contributed by atoms with Gasteiger partial charge in [0, 0.05) is 24.2 Å². The van der Waals surface area contributed by atoms with Crippen LogP contribution in [0.3, 0.4) is 0 Å². The summed E-state index contributed by atoms with van der Waals surface area (Å²) in [6.45, 7) is 4.20. The van der Waals surface area contributed by atoms with E-state index in [4.69, 9.17) is 4.42 Å². The quantitative estimate of drug-likeness (QED) is 0.677. The van der Waals surface area contributed by atoms with E-state index in [1.165, 1.54) is 0 Å². The first-order valence-electron chi connectivity index (χ1n) is 10.2. The lowest BCUT2D eigenvalue weighted by atomic mass is 9.96. The van der Waals surface area contributed by atoms with Gasteiger partial charge in [0.05, 0.1) is 10.9 Å². The molecule has 5 nitrogen and oxygen atoms in total. The van der Waals surface area contributed by atoms with Crippen LogP contribution in [0.15, 0.2) is 57.7 Å². The van der Waals surface area contributed by atoms with Gasteiger partial charge in [-0.1, -0.05) is 36.4 Å². The number of rotatable bonds is 4. The molecule has 6 heteroatoms. The molecule has 1 aliphatic rings. The van der Waals surface area contributed by atoms with Crippen LogP contribution in [0.5, 0.6) is 0 Å². The number of nitrogens with one attached hydrogen (secondary N) is 1. The number of hydrogen-bond acceptors (Lipinski definition) is 4. The number of piperidine rings is 1. The Bertz CT molecular complexity index is 1090. The third-order valence-electron chi connectivity index (χ3n) is 5.81. The molecule has 1 aliphatic heterocycles. The molecule has 0 radical (unpaired) electrons. The van der Waals surface area contributed by atoms with Crippen molar-refractivity contribution in [1.29, 1.82) is 0 Å². The third kappa shape index (κ3) is 4.13. The maximum atomic E-state index is 13.3. The largest absolute Gasteiger partial charge is 0.455 e. The highest BCUT2D eigenvalue weighted by atomic mass is 35.5. The second-order valence-electron chi connectivity index (χ2n) is 7.73. The fourth-order valence-corrected chi connectivity index (χ4v) is 4.14. The molecule has 1 fully saturated rings. The Balaban J connectivity index is 0.00000256. The van der Waals surface area contributed by atoms with Gasteiger partial charge in [0.15, 0.2) is 11.0 Å². The molecule has 0 bridgehead atoms. The molecular weight excluding hydrogens is 400 g/mol. The first kappa shape index (κ1) is 22.1. The van der Waals surface area contributed by atoms with Gasteiger partial charge in [-0.2, -0.15) is 0 Å². The number of hydrogen-bond donors (Lipinski definition) is 1. The number of carbonyl (C=O) groups excluding carboxylic acids is 1. The maximum Gasteiger partial charge on any atom is 0.257 e. The molecule has 1 amide bonds. The molecule has 0 unspecified atom stereocenters. The van der Waals surface area contributed by atoms with Crippen LogP contribution in [0.25, 0.3) is 22.3 Å². The smallest absolute Gasteiger partial charge is 0.257 e. The molecule has 0 aliphatic carbocycles. The van der Waals surface area contributed by atoms with E-state index in [0.29, 0.717) is 33.8 Å². The summed E-state index contributed by atoms with van der Waals surface area (Å²) >= 11 is 0. The Kier molecular flexibility index (Phi) is 6.95. The minimum Gasteiger partial charge on any atom is -0.455 e. The standard InChI is InChI=1S/C24H26N2O3.ClH/c1-16-21(27)19-9-6-10-20(23(19)29-22(16)18-7-4-3-5-8-18)24(28)26-13-11-17(12-14-26)15-25-2;/h3-10,17,25H,11-15H2,1-2H3;1H. The average Bonchev–Trinajstić information content (AvgIpc) is 2.77. The molecule has 0 saturated carbocycles. The van der Waals surface area contributed by atoms with E-state index in [-0.39, 0.29) is 23.7 Å². The van der Waals surface area contributed by atoms with E-state index in [0.717, 1.165) is 38.0 Å². The summed E-state index contributed by atoms with van der Waals surface area (Å²) in [6.07, 6.45) is 1.96. The van der Waals surface area contributed by atoms with Crippen LogP contribution in [0.4, 0.5) is 0 Å². The molecule has 1 saturated heterocycles. The lowest BCUT2D eigenvalue weighted by Gasteiger charge is -2.32. The summed E-state index contributed by atoms with van der Waals surface area (Å²) in [4.78, 5) is 28.1. The van der Waals surface area contributed by atoms with Crippen molar-refractivity contribution >= 4 is 29.3 Å². The molecular formula is C24H27ClN2O3. The topological polar surface area (TPSA) is 62.6 Å². The Morgan fingerprint density at radius 3 is 2.47 bits per heavy atom. The molecule has 158 valence electrons. The number of carbonyl (C=O) groups is 1. The minimum atomic E-state index is -0.0903. The summed E-state index contributed by atoms with van der Waals surface area (Å²) in [7, 11) is 1.96. The van der Waals surface area contributed by atoms with E-state index < -0.39 is 0 Å². The van der Waals surface area contributed by atoms with Gasteiger partial charge in [0.25, 0.3) is 5.91 Å². The van der Waals surface area contributed by atoms with Crippen LogP contribution in [0.2, 0.25) is 0 Å². The lowest BCUT2D eigenvalue weighted by molar-refractivity contribution is 0.0691. The van der Waals surface area contributed by atoms with Crippen LogP contribution in [0, 0.1) is 12.8 Å². The molecule has 0 spiro atoms. The van der Waals surface area contributed by atoms with E-state index in [1.54, 1.807) is 25.1 Å². The number of amides is 1. The van der Waals surface area contributed by atoms with Crippen LogP contribution >= 0.6 is 12.4 Å². The molecule has 3 aromatic rings. The fourth-order valence-electron chi connectivity index (χ4n) is 4.14. The van der Waals surface area contributed by atoms with Gasteiger partial charge in [-0.05, 0) is 51.4 Å². The predicted molar refractivity (Wildman–Crippen MR) is 122 cm³/mol. The van der Waals surface area contributed by atoms with Gasteiger partial charge in [-0.25, -0.2) is 0 Å². The normalized spacial score (nSPS) is 14.5. The zero-order chi connectivity index (χ0) is 20.4. The van der Waals surface area contributed by atoms with Crippen LogP contribution in [-0.4, -0.2) is 37.5 Å². The Morgan fingerprint density at radius 1 is 1.10 bits per heavy atom. The number of benzene rings is 2. The van der Waals surface area contributed by atoms with Crippen molar-refractivity contribution in [2.75, 3.05) is 26.7 Å². The van der Waals surface area contributed by atoms with Gasteiger partial charge in [-0.3, -0.25) is 9.59 Å². The van der Waals surface area contributed by atoms with Crippen molar-refractivity contribution in [3.63, 3.8) is 0 Å². The van der Waals surface area contributed by atoms with Gasteiger partial charge >= 0.3 is 0 Å². The molecule has 4 rings (SSSR count). The van der Waals surface area contributed by atoms with Crippen molar-refractivity contribution < 1.29 is 9.21 Å². The summed E-state index contributed by atoms with van der Waals surface area (Å²) in [5.74, 6) is 1.06. The molecule has 0 atom stereocenters. The SMILES string of the molecule is CNCC1CCN(C(=O)c2cccc3c(=O)c(C)c(-c4ccccc4)oc23)CC1.Cl. The number of halogens is 1. The minimum absolute atomic E-state index is 0. The van der Waals surface area contributed by atoms with Gasteiger partial charge in [-0.15, -0.1) is 12.4 Å². The second kappa shape index (κ2) is 9.45. The highest BCUT2D eigenvalue weighted by molar-refractivity contribution is 6.05. The average molecular weight is 427 g/mol. The van der Waals surface area contributed by atoms with Gasteiger partial charge < -0.3 is 14.6 Å². The Labute approximate surface area is 182 Å². The lowest BCUT2D eigenvalue weighted by Crippen LogP contribution is -2.40. The molecule has 2 aromatic carbocycles. The molecule has 30 heavy (non-hydrogen) atoms. The van der Waals surface area contributed by atoms with Crippen molar-refractivity contribution in [2.45, 2.75) is 19.8 Å². The van der Waals surface area contributed by atoms with Crippen LogP contribution < -0.4 is 10.7 Å². The predicted octanol–water partition coefficient (Wildman–Crippen LogP) is 4.26. The van der Waals surface area contributed by atoms with E-state index in [1.807, 2.05) is 42.3 Å². The number of nitrogens with zero attached hydrogens (tertiary/aromatic N) is 1. The summed E-state index contributed by atoms with van der Waals surface area (Å²) in [5.41, 5.74) is 2.14. The van der Waals surface area contributed by atoms with Crippen molar-refractivity contribution in [2.24, 2.45) is 5.92 Å². The maximum absolute atomic E-state index is 13.3. The Morgan fingerprint density at radius 2 is 1.80 bits per heavy atom. The summed E-state index contributed by atoms with van der Waals surface area (Å²) in [6, 6.07) is 14.8.